The van der Waals surface area contributed by atoms with Gasteiger partial charge in [-0.1, -0.05) is 26.0 Å². The number of oxazole rings is 1. The molecule has 0 bridgehead atoms. The summed E-state index contributed by atoms with van der Waals surface area (Å²) in [4.78, 5) is 23.0. The Morgan fingerprint density at radius 3 is 2.48 bits per heavy atom. The molecule has 0 saturated heterocycles. The summed E-state index contributed by atoms with van der Waals surface area (Å²) in [5.41, 5.74) is 4.95. The van der Waals surface area contributed by atoms with Gasteiger partial charge in [0.2, 0.25) is 5.95 Å². The van der Waals surface area contributed by atoms with Crippen molar-refractivity contribution in [3.8, 4) is 0 Å². The average Bonchev–Trinajstić information content (AvgIpc) is 3.10. The smallest absolute Gasteiger partial charge is 0.408 e. The van der Waals surface area contributed by atoms with E-state index in [1.54, 1.807) is 18.3 Å². The number of fused-ring (bicyclic) bond motifs is 1. The standard InChI is InChI=1S/C23H26N6O2/c1-13(2)25-15(4)16-5-7-17(8-6-16)27-22-24-12-14(3)21(29-22)26-18-9-10-20-19(11-18)28-23(30)31-20/h5-13,15,25H,1-4H3,(H,28,30)(H2,24,26,27,29). The molecule has 0 radical (unpaired) electrons. The molecule has 2 aromatic carbocycles. The van der Waals surface area contributed by atoms with Crippen LogP contribution >= 0.6 is 0 Å². The highest BCUT2D eigenvalue weighted by Crippen LogP contribution is 2.24. The van der Waals surface area contributed by atoms with Crippen LogP contribution < -0.4 is 21.7 Å². The number of aromatic amines is 1. The van der Waals surface area contributed by atoms with Crippen LogP contribution in [0.3, 0.4) is 0 Å². The van der Waals surface area contributed by atoms with Gasteiger partial charge in [0.15, 0.2) is 5.58 Å². The molecular formula is C23H26N6O2. The van der Waals surface area contributed by atoms with Crippen molar-refractivity contribution < 1.29 is 4.42 Å². The van der Waals surface area contributed by atoms with E-state index in [1.807, 2.05) is 25.1 Å². The number of rotatable bonds is 7. The highest BCUT2D eigenvalue weighted by atomic mass is 16.4. The van der Waals surface area contributed by atoms with Gasteiger partial charge in [0, 0.05) is 35.2 Å². The van der Waals surface area contributed by atoms with Crippen molar-refractivity contribution in [3.63, 3.8) is 0 Å². The van der Waals surface area contributed by atoms with Gasteiger partial charge in [0.25, 0.3) is 0 Å². The molecule has 160 valence electrons. The summed E-state index contributed by atoms with van der Waals surface area (Å²) >= 11 is 0. The normalized spacial score (nSPS) is 12.3. The minimum atomic E-state index is -0.475. The lowest BCUT2D eigenvalue weighted by atomic mass is 10.1. The van der Waals surface area contributed by atoms with Crippen LogP contribution in [0.25, 0.3) is 11.1 Å². The molecule has 0 aliphatic rings. The number of benzene rings is 2. The molecule has 4 aromatic rings. The van der Waals surface area contributed by atoms with Crippen LogP contribution in [-0.2, 0) is 0 Å². The van der Waals surface area contributed by atoms with Crippen LogP contribution in [0.2, 0.25) is 0 Å². The predicted octanol–water partition coefficient (Wildman–Crippen LogP) is 4.77. The van der Waals surface area contributed by atoms with Crippen molar-refractivity contribution in [3.05, 3.63) is 70.3 Å². The highest BCUT2D eigenvalue weighted by Gasteiger charge is 2.09. The molecule has 0 amide bonds. The van der Waals surface area contributed by atoms with Crippen LogP contribution in [0.4, 0.5) is 23.1 Å². The molecule has 0 aliphatic heterocycles. The van der Waals surface area contributed by atoms with Crippen LogP contribution in [0, 0.1) is 6.92 Å². The van der Waals surface area contributed by atoms with Crippen molar-refractivity contribution in [2.24, 2.45) is 0 Å². The monoisotopic (exact) mass is 418 g/mol. The fourth-order valence-electron chi connectivity index (χ4n) is 3.38. The van der Waals surface area contributed by atoms with Gasteiger partial charge in [-0.15, -0.1) is 0 Å². The maximum Gasteiger partial charge on any atom is 0.417 e. The van der Waals surface area contributed by atoms with Crippen LogP contribution in [0.5, 0.6) is 0 Å². The molecule has 1 atom stereocenters. The molecule has 31 heavy (non-hydrogen) atoms. The Bertz CT molecular complexity index is 1240. The highest BCUT2D eigenvalue weighted by molar-refractivity contribution is 5.78. The van der Waals surface area contributed by atoms with E-state index in [2.05, 4.69) is 63.8 Å². The van der Waals surface area contributed by atoms with E-state index < -0.39 is 5.76 Å². The van der Waals surface area contributed by atoms with Crippen LogP contribution in [-0.4, -0.2) is 21.0 Å². The third-order valence-electron chi connectivity index (χ3n) is 4.90. The number of nitrogens with one attached hydrogen (secondary N) is 4. The van der Waals surface area contributed by atoms with Crippen molar-refractivity contribution in [2.75, 3.05) is 10.6 Å². The second-order valence-corrected chi connectivity index (χ2v) is 7.87. The molecule has 0 spiro atoms. The van der Waals surface area contributed by atoms with E-state index in [-0.39, 0.29) is 6.04 Å². The van der Waals surface area contributed by atoms with Crippen LogP contribution in [0.15, 0.2) is 57.9 Å². The van der Waals surface area contributed by atoms with Gasteiger partial charge in [-0.3, -0.25) is 4.98 Å². The zero-order chi connectivity index (χ0) is 22.0. The third-order valence-corrected chi connectivity index (χ3v) is 4.90. The first-order valence-electron chi connectivity index (χ1n) is 10.2. The number of hydrogen-bond acceptors (Lipinski definition) is 7. The first kappa shape index (κ1) is 20.6. The zero-order valence-corrected chi connectivity index (χ0v) is 18.0. The maximum absolute atomic E-state index is 11.4. The Hall–Kier alpha value is -3.65. The van der Waals surface area contributed by atoms with E-state index in [0.717, 1.165) is 16.9 Å². The van der Waals surface area contributed by atoms with Gasteiger partial charge < -0.3 is 20.4 Å². The Morgan fingerprint density at radius 2 is 1.74 bits per heavy atom. The van der Waals surface area contributed by atoms with Gasteiger partial charge in [0.05, 0.1) is 5.52 Å². The SMILES string of the molecule is Cc1cnc(Nc2ccc(C(C)NC(C)C)cc2)nc1Nc1ccc2oc(=O)[nH]c2c1. The molecule has 2 heterocycles. The van der Waals surface area contributed by atoms with Gasteiger partial charge in [-0.25, -0.2) is 9.78 Å². The lowest BCUT2D eigenvalue weighted by Gasteiger charge is -2.17. The Balaban J connectivity index is 1.50. The summed E-state index contributed by atoms with van der Waals surface area (Å²) in [5, 5.41) is 10.0. The summed E-state index contributed by atoms with van der Waals surface area (Å²) < 4.78 is 5.05. The van der Waals surface area contributed by atoms with Crippen LogP contribution in [0.1, 0.15) is 37.9 Å². The molecule has 4 N–H and O–H groups in total. The van der Waals surface area contributed by atoms with Gasteiger partial charge in [-0.05, 0) is 49.7 Å². The van der Waals surface area contributed by atoms with Gasteiger partial charge >= 0.3 is 5.76 Å². The van der Waals surface area contributed by atoms with E-state index >= 15 is 0 Å². The number of anilines is 4. The minimum Gasteiger partial charge on any atom is -0.408 e. The van der Waals surface area contributed by atoms with E-state index in [4.69, 9.17) is 4.42 Å². The Labute approximate surface area is 180 Å². The van der Waals surface area contributed by atoms with E-state index in [9.17, 15) is 4.79 Å². The number of aromatic nitrogens is 3. The van der Waals surface area contributed by atoms with Crippen molar-refractivity contribution in [1.29, 1.82) is 0 Å². The largest absolute Gasteiger partial charge is 0.417 e. The Kier molecular flexibility index (Phi) is 5.73. The number of nitrogens with zero attached hydrogens (tertiary/aromatic N) is 2. The minimum absolute atomic E-state index is 0.281. The first-order valence-corrected chi connectivity index (χ1v) is 10.2. The van der Waals surface area contributed by atoms with Gasteiger partial charge in [0.1, 0.15) is 5.82 Å². The second-order valence-electron chi connectivity index (χ2n) is 7.87. The van der Waals surface area contributed by atoms with Crippen molar-refractivity contribution in [2.45, 2.75) is 39.8 Å². The molecule has 8 nitrogen and oxygen atoms in total. The Morgan fingerprint density at radius 1 is 1.00 bits per heavy atom. The number of H-pyrrole nitrogens is 1. The average molecular weight is 419 g/mol. The molecule has 0 fully saturated rings. The first-order chi connectivity index (χ1) is 14.9. The lowest BCUT2D eigenvalue weighted by molar-refractivity contribution is 0.506. The molecule has 8 heteroatoms. The zero-order valence-electron chi connectivity index (χ0n) is 18.0. The summed E-state index contributed by atoms with van der Waals surface area (Å²) in [6.07, 6.45) is 1.76. The summed E-state index contributed by atoms with van der Waals surface area (Å²) in [5.74, 6) is 0.693. The molecule has 4 rings (SSSR count). The fourth-order valence-corrected chi connectivity index (χ4v) is 3.38. The third kappa shape index (κ3) is 4.92. The maximum atomic E-state index is 11.4. The van der Waals surface area contributed by atoms with Gasteiger partial charge in [-0.2, -0.15) is 4.98 Å². The number of hydrogen-bond donors (Lipinski definition) is 4. The number of aryl methyl sites for hydroxylation is 1. The van der Waals surface area contributed by atoms with Crippen molar-refractivity contribution >= 4 is 34.2 Å². The fraction of sp³-hybridized carbons (Fsp3) is 0.261. The molecular weight excluding hydrogens is 392 g/mol. The van der Waals surface area contributed by atoms with E-state index in [1.165, 1.54) is 5.56 Å². The summed E-state index contributed by atoms with van der Waals surface area (Å²) in [6, 6.07) is 14.3. The second kappa shape index (κ2) is 8.61. The summed E-state index contributed by atoms with van der Waals surface area (Å²) in [6.45, 7) is 8.36. The lowest BCUT2D eigenvalue weighted by Crippen LogP contribution is -2.25. The quantitative estimate of drug-likeness (QED) is 0.342. The molecule has 0 saturated carbocycles. The van der Waals surface area contributed by atoms with Crippen molar-refractivity contribution in [1.82, 2.24) is 20.3 Å². The topological polar surface area (TPSA) is 108 Å². The molecule has 0 aliphatic carbocycles. The molecule has 2 aromatic heterocycles. The molecule has 1 unspecified atom stereocenters. The summed E-state index contributed by atoms with van der Waals surface area (Å²) in [7, 11) is 0. The predicted molar refractivity (Wildman–Crippen MR) is 123 cm³/mol. The van der Waals surface area contributed by atoms with E-state index in [0.29, 0.717) is 28.9 Å².